The quantitative estimate of drug-likeness (QED) is 0.609. The number of amides is 1. The lowest BCUT2D eigenvalue weighted by Gasteiger charge is -2.39. The summed E-state index contributed by atoms with van der Waals surface area (Å²) in [5.41, 5.74) is 0.129. The maximum absolute atomic E-state index is 14.5. The van der Waals surface area contributed by atoms with Crippen LogP contribution in [0.25, 0.3) is 11.4 Å². The first kappa shape index (κ1) is 22.7. The van der Waals surface area contributed by atoms with Gasteiger partial charge in [-0.25, -0.2) is 13.6 Å². The number of aromatic nitrogens is 3. The third-order valence-corrected chi connectivity index (χ3v) is 5.70. The van der Waals surface area contributed by atoms with Crippen LogP contribution < -0.4 is 4.74 Å². The van der Waals surface area contributed by atoms with Crippen LogP contribution >= 0.6 is 0 Å². The average molecular weight is 456 g/mol. The Morgan fingerprint density at radius 1 is 1.18 bits per heavy atom. The lowest BCUT2D eigenvalue weighted by Crippen LogP contribution is -2.53. The summed E-state index contributed by atoms with van der Waals surface area (Å²) in [5, 5.41) is 18.7. The van der Waals surface area contributed by atoms with Crippen molar-refractivity contribution >= 4 is 6.09 Å². The minimum atomic E-state index is -1.14. The zero-order chi connectivity index (χ0) is 23.8. The standard InChI is InChI=1S/C24H26F2N4O3/c1-24(2,3)30(23(31)32)17(13-15-12-16(25)8-9-19(15)26)14-21-27-28-22-18-6-4-5-7-20(18)33-11-10-29(21)22/h4-9,12,17H,10-11,13-14H2,1-3H3,(H,31,32)/t17-/m1/s1. The van der Waals surface area contributed by atoms with Gasteiger partial charge in [0.25, 0.3) is 0 Å². The lowest BCUT2D eigenvalue weighted by atomic mass is 9.95. The maximum atomic E-state index is 14.5. The molecule has 1 aromatic heterocycles. The Morgan fingerprint density at radius 2 is 1.94 bits per heavy atom. The Labute approximate surface area is 190 Å². The molecule has 1 amide bonds. The van der Waals surface area contributed by atoms with Gasteiger partial charge in [-0.2, -0.15) is 0 Å². The summed E-state index contributed by atoms with van der Waals surface area (Å²) >= 11 is 0. The number of fused-ring (bicyclic) bond motifs is 3. The van der Waals surface area contributed by atoms with Crippen LogP contribution in [0, 0.1) is 11.6 Å². The van der Waals surface area contributed by atoms with Crippen molar-refractivity contribution in [1.29, 1.82) is 0 Å². The topological polar surface area (TPSA) is 80.5 Å². The van der Waals surface area contributed by atoms with Crippen molar-refractivity contribution in [2.75, 3.05) is 6.61 Å². The predicted octanol–water partition coefficient (Wildman–Crippen LogP) is 4.55. The molecule has 0 spiro atoms. The monoisotopic (exact) mass is 456 g/mol. The second kappa shape index (κ2) is 8.80. The van der Waals surface area contributed by atoms with E-state index in [1.165, 1.54) is 4.90 Å². The molecule has 3 aromatic rings. The first-order valence-electron chi connectivity index (χ1n) is 10.8. The number of nitrogens with zero attached hydrogens (tertiary/aromatic N) is 4. The van der Waals surface area contributed by atoms with E-state index in [1.54, 1.807) is 20.8 Å². The molecule has 2 heterocycles. The van der Waals surface area contributed by atoms with Gasteiger partial charge in [-0.1, -0.05) is 12.1 Å². The van der Waals surface area contributed by atoms with Crippen LogP contribution in [0.1, 0.15) is 32.2 Å². The van der Waals surface area contributed by atoms with Crippen LogP contribution in [-0.4, -0.2) is 49.1 Å². The molecule has 0 aliphatic carbocycles. The summed E-state index contributed by atoms with van der Waals surface area (Å²) in [7, 11) is 0. The second-order valence-electron chi connectivity index (χ2n) is 9.06. The van der Waals surface area contributed by atoms with Crippen molar-refractivity contribution in [2.45, 2.75) is 51.7 Å². The van der Waals surface area contributed by atoms with E-state index in [1.807, 2.05) is 28.8 Å². The average Bonchev–Trinajstić information content (AvgIpc) is 3.02. The van der Waals surface area contributed by atoms with Gasteiger partial charge in [0.2, 0.25) is 0 Å². The summed E-state index contributed by atoms with van der Waals surface area (Å²) in [5.74, 6) is 0.736. The summed E-state index contributed by atoms with van der Waals surface area (Å²) < 4.78 is 36.1. The van der Waals surface area contributed by atoms with Crippen LogP contribution in [0.15, 0.2) is 42.5 Å². The van der Waals surface area contributed by atoms with Gasteiger partial charge in [-0.15, -0.1) is 10.2 Å². The molecule has 1 atom stereocenters. The van der Waals surface area contributed by atoms with E-state index in [-0.39, 0.29) is 18.4 Å². The van der Waals surface area contributed by atoms with Gasteiger partial charge in [0.05, 0.1) is 12.1 Å². The Kier molecular flexibility index (Phi) is 6.05. The van der Waals surface area contributed by atoms with E-state index in [0.717, 1.165) is 23.8 Å². The van der Waals surface area contributed by atoms with Crippen LogP contribution in [0.4, 0.5) is 13.6 Å². The Bertz CT molecular complexity index is 1170. The Morgan fingerprint density at radius 3 is 2.67 bits per heavy atom. The number of ether oxygens (including phenoxy) is 1. The van der Waals surface area contributed by atoms with E-state index >= 15 is 0 Å². The molecule has 0 saturated heterocycles. The van der Waals surface area contributed by atoms with Crippen molar-refractivity contribution in [1.82, 2.24) is 19.7 Å². The largest absolute Gasteiger partial charge is 0.491 e. The van der Waals surface area contributed by atoms with E-state index in [4.69, 9.17) is 4.74 Å². The third kappa shape index (κ3) is 4.67. The summed E-state index contributed by atoms with van der Waals surface area (Å²) in [6.45, 7) is 6.19. The van der Waals surface area contributed by atoms with E-state index < -0.39 is 29.3 Å². The molecular formula is C24H26F2N4O3. The van der Waals surface area contributed by atoms with Crippen molar-refractivity contribution in [3.63, 3.8) is 0 Å². The molecule has 7 nitrogen and oxygen atoms in total. The molecule has 0 bridgehead atoms. The molecule has 9 heteroatoms. The molecule has 2 aromatic carbocycles. The minimum Gasteiger partial charge on any atom is -0.491 e. The van der Waals surface area contributed by atoms with Crippen molar-refractivity contribution in [3.8, 4) is 17.1 Å². The number of carboxylic acid groups (broad SMARTS) is 1. The number of rotatable bonds is 5. The van der Waals surface area contributed by atoms with E-state index in [0.29, 0.717) is 30.5 Å². The lowest BCUT2D eigenvalue weighted by molar-refractivity contribution is 0.0687. The maximum Gasteiger partial charge on any atom is 0.408 e. The molecule has 0 saturated carbocycles. The normalized spacial score (nSPS) is 14.0. The highest BCUT2D eigenvalue weighted by molar-refractivity contribution is 5.67. The van der Waals surface area contributed by atoms with Crippen LogP contribution in [0.5, 0.6) is 5.75 Å². The van der Waals surface area contributed by atoms with Gasteiger partial charge >= 0.3 is 6.09 Å². The summed E-state index contributed by atoms with van der Waals surface area (Å²) in [6.07, 6.45) is -0.981. The summed E-state index contributed by atoms with van der Waals surface area (Å²) in [6, 6.07) is 10.0. The molecule has 0 unspecified atom stereocenters. The first-order chi connectivity index (χ1) is 15.6. The van der Waals surface area contributed by atoms with Crippen LogP contribution in [-0.2, 0) is 19.4 Å². The van der Waals surface area contributed by atoms with Gasteiger partial charge in [-0.05, 0) is 63.1 Å². The molecule has 174 valence electrons. The highest BCUT2D eigenvalue weighted by atomic mass is 19.1. The Hall–Kier alpha value is -3.49. The van der Waals surface area contributed by atoms with Crippen molar-refractivity contribution < 1.29 is 23.4 Å². The number of carbonyl (C=O) groups is 1. The molecular weight excluding hydrogens is 430 g/mol. The fourth-order valence-corrected chi connectivity index (χ4v) is 4.35. The number of benzene rings is 2. The van der Waals surface area contributed by atoms with Crippen LogP contribution in [0.2, 0.25) is 0 Å². The van der Waals surface area contributed by atoms with E-state index in [2.05, 4.69) is 10.2 Å². The fourth-order valence-electron chi connectivity index (χ4n) is 4.35. The number of hydrogen-bond acceptors (Lipinski definition) is 4. The highest BCUT2D eigenvalue weighted by Gasteiger charge is 2.35. The predicted molar refractivity (Wildman–Crippen MR) is 118 cm³/mol. The van der Waals surface area contributed by atoms with Gasteiger partial charge in [0, 0.05) is 18.0 Å². The molecule has 4 rings (SSSR count). The molecule has 1 aliphatic rings. The van der Waals surface area contributed by atoms with Crippen molar-refractivity contribution in [2.24, 2.45) is 0 Å². The highest BCUT2D eigenvalue weighted by Crippen LogP contribution is 2.32. The number of hydrogen-bond donors (Lipinski definition) is 1. The Balaban J connectivity index is 1.74. The molecule has 33 heavy (non-hydrogen) atoms. The van der Waals surface area contributed by atoms with Gasteiger partial charge < -0.3 is 14.4 Å². The fraction of sp³-hybridized carbons (Fsp3) is 0.375. The molecule has 0 radical (unpaired) electrons. The van der Waals surface area contributed by atoms with Gasteiger partial charge in [0.15, 0.2) is 5.82 Å². The smallest absolute Gasteiger partial charge is 0.408 e. The van der Waals surface area contributed by atoms with Crippen LogP contribution in [0.3, 0.4) is 0 Å². The van der Waals surface area contributed by atoms with Crippen molar-refractivity contribution in [3.05, 3.63) is 65.5 Å². The number of para-hydroxylation sites is 1. The second-order valence-corrected chi connectivity index (χ2v) is 9.06. The molecule has 1 aliphatic heterocycles. The van der Waals surface area contributed by atoms with E-state index in [9.17, 15) is 18.7 Å². The third-order valence-electron chi connectivity index (χ3n) is 5.70. The van der Waals surface area contributed by atoms with Gasteiger partial charge in [0.1, 0.15) is 29.8 Å². The number of halogens is 2. The SMILES string of the molecule is CC(C)(C)N(C(=O)O)[C@H](Cc1cc(F)ccc1F)Cc1nnc2n1CCOc1ccccc1-2. The minimum absolute atomic E-state index is 0.0115. The molecule has 1 N–H and O–H groups in total. The zero-order valence-corrected chi connectivity index (χ0v) is 18.8. The van der Waals surface area contributed by atoms with Gasteiger partial charge in [-0.3, -0.25) is 4.90 Å². The molecule has 0 fully saturated rings. The summed E-state index contributed by atoms with van der Waals surface area (Å²) in [4.78, 5) is 13.5. The first-order valence-corrected chi connectivity index (χ1v) is 10.8. The zero-order valence-electron chi connectivity index (χ0n) is 18.8.